The average molecular weight is 577 g/mol. The fraction of sp³-hybridized carbons (Fsp3) is 0.111. The second-order valence-corrected chi connectivity index (χ2v) is 11.6. The van der Waals surface area contributed by atoms with Crippen molar-refractivity contribution in [1.82, 2.24) is 9.78 Å². The quantitative estimate of drug-likeness (QED) is 0.196. The summed E-state index contributed by atoms with van der Waals surface area (Å²) in [6.07, 6.45) is 0. The van der Waals surface area contributed by atoms with Gasteiger partial charge in [-0.05, 0) is 36.4 Å². The number of hydrogen-bond acceptors (Lipinski definition) is 11. The number of nitrogens with zero attached hydrogens (tertiary/aromatic N) is 3. The number of carboxylic acids is 1. The number of aromatic amines is 1. The van der Waals surface area contributed by atoms with Crippen LogP contribution in [0, 0.1) is 0 Å². The van der Waals surface area contributed by atoms with Gasteiger partial charge in [-0.2, -0.15) is 21.9 Å². The molecule has 37 heavy (non-hydrogen) atoms. The van der Waals surface area contributed by atoms with E-state index >= 15 is 0 Å². The summed E-state index contributed by atoms with van der Waals surface area (Å²) in [6.45, 7) is -0.865. The smallest absolute Gasteiger partial charge is 0.397 e. The van der Waals surface area contributed by atoms with Crippen LogP contribution in [0.25, 0.3) is 5.69 Å². The molecule has 1 heterocycles. The van der Waals surface area contributed by atoms with E-state index in [-0.39, 0.29) is 16.3 Å². The van der Waals surface area contributed by atoms with Gasteiger partial charge >= 0.3 is 16.4 Å². The van der Waals surface area contributed by atoms with Crippen molar-refractivity contribution in [2.45, 2.75) is 9.79 Å². The fourth-order valence-corrected chi connectivity index (χ4v) is 4.89. The number of H-pyrrole nitrogens is 1. The molecule has 0 aliphatic rings. The summed E-state index contributed by atoms with van der Waals surface area (Å²) >= 11 is 0. The van der Waals surface area contributed by atoms with Crippen molar-refractivity contribution in [3.63, 3.8) is 0 Å². The van der Waals surface area contributed by atoms with E-state index in [4.69, 9.17) is 4.55 Å². The molecule has 16 nitrogen and oxygen atoms in total. The Hall–Kier alpha value is -3.75. The Bertz CT molecular complexity index is 1770. The average Bonchev–Trinajstić information content (AvgIpc) is 3.13. The molecule has 0 spiro atoms. The fourth-order valence-electron chi connectivity index (χ4n) is 2.85. The van der Waals surface area contributed by atoms with E-state index in [1.54, 1.807) is 0 Å². The number of aromatic nitrogens is 2. The van der Waals surface area contributed by atoms with Crippen LogP contribution in [0.5, 0.6) is 0 Å². The molecule has 0 saturated heterocycles. The standard InChI is InChI=1S/C18H16N4O12S3/c23-17-15(16(18(24)25)21-22(17)12-4-2-6-14(10-12)36(28,29)30)20-19-11-3-1-5-13(9-11)35(26,27)8-7-34-37(31,32)33/h1-6,9-10,21H,7-8H2,(H,24,25)(H,28,29,30)(H,31,32,33). The molecule has 0 aliphatic carbocycles. The van der Waals surface area contributed by atoms with E-state index in [0.29, 0.717) is 4.68 Å². The van der Waals surface area contributed by atoms with Gasteiger partial charge < -0.3 is 5.11 Å². The molecule has 1 aromatic heterocycles. The topological polar surface area (TPSA) is 252 Å². The number of rotatable bonds is 10. The monoisotopic (exact) mass is 576 g/mol. The summed E-state index contributed by atoms with van der Waals surface area (Å²) in [5.74, 6) is -2.44. The molecule has 0 bridgehead atoms. The summed E-state index contributed by atoms with van der Waals surface area (Å²) in [5, 5.41) is 19.0. The van der Waals surface area contributed by atoms with Crippen molar-refractivity contribution >= 4 is 47.7 Å². The van der Waals surface area contributed by atoms with Gasteiger partial charge in [0.2, 0.25) is 0 Å². The number of carboxylic acid groups (broad SMARTS) is 1. The maximum absolute atomic E-state index is 12.8. The lowest BCUT2D eigenvalue weighted by Crippen LogP contribution is -2.15. The van der Waals surface area contributed by atoms with Crippen LogP contribution < -0.4 is 5.56 Å². The van der Waals surface area contributed by atoms with Crippen molar-refractivity contribution in [2.75, 3.05) is 12.4 Å². The van der Waals surface area contributed by atoms with E-state index in [1.807, 2.05) is 0 Å². The Morgan fingerprint density at radius 2 is 1.59 bits per heavy atom. The molecule has 0 aliphatic heterocycles. The Morgan fingerprint density at radius 1 is 0.946 bits per heavy atom. The van der Waals surface area contributed by atoms with Crippen LogP contribution in [0.15, 0.2) is 73.3 Å². The van der Waals surface area contributed by atoms with Crippen molar-refractivity contribution in [3.05, 3.63) is 64.6 Å². The molecule has 0 fully saturated rings. The number of benzene rings is 2. The third-order valence-corrected chi connectivity index (χ3v) is 7.47. The molecule has 0 unspecified atom stereocenters. The lowest BCUT2D eigenvalue weighted by Gasteiger charge is -2.04. The molecule has 3 aromatic rings. The summed E-state index contributed by atoms with van der Waals surface area (Å²) in [6, 6.07) is 9.07. The second kappa shape index (κ2) is 10.3. The number of sulfone groups is 1. The predicted octanol–water partition coefficient (Wildman–Crippen LogP) is 1.12. The van der Waals surface area contributed by atoms with Gasteiger partial charge in [0.15, 0.2) is 21.2 Å². The minimum atomic E-state index is -4.84. The van der Waals surface area contributed by atoms with Crippen LogP contribution in [-0.2, 0) is 34.5 Å². The largest absolute Gasteiger partial charge is 0.476 e. The third-order valence-electron chi connectivity index (χ3n) is 4.48. The van der Waals surface area contributed by atoms with Crippen LogP contribution in [0.1, 0.15) is 10.5 Å². The Kier molecular flexibility index (Phi) is 7.76. The molecule has 0 amide bonds. The third kappa shape index (κ3) is 6.93. The molecule has 4 N–H and O–H groups in total. The maximum atomic E-state index is 12.8. The molecule has 19 heteroatoms. The predicted molar refractivity (Wildman–Crippen MR) is 123 cm³/mol. The van der Waals surface area contributed by atoms with Gasteiger partial charge in [-0.15, -0.1) is 5.11 Å². The van der Waals surface area contributed by atoms with Crippen molar-refractivity contribution in [3.8, 4) is 5.69 Å². The number of hydrogen-bond donors (Lipinski definition) is 4. The highest BCUT2D eigenvalue weighted by atomic mass is 32.3. The number of nitrogens with one attached hydrogen (secondary N) is 1. The number of azo groups is 1. The molecule has 0 saturated carbocycles. The Morgan fingerprint density at radius 3 is 2.22 bits per heavy atom. The molecule has 2 aromatic carbocycles. The first-order valence-corrected chi connectivity index (χ1v) is 14.1. The lowest BCUT2D eigenvalue weighted by molar-refractivity contribution is 0.0690. The van der Waals surface area contributed by atoms with Crippen LogP contribution in [0.3, 0.4) is 0 Å². The van der Waals surface area contributed by atoms with Gasteiger partial charge in [0.05, 0.1) is 33.5 Å². The minimum absolute atomic E-state index is 0.131. The normalized spacial score (nSPS) is 12.7. The molecular weight excluding hydrogens is 560 g/mol. The van der Waals surface area contributed by atoms with Crippen LogP contribution in [0.4, 0.5) is 11.4 Å². The zero-order valence-electron chi connectivity index (χ0n) is 18.1. The minimum Gasteiger partial charge on any atom is -0.476 e. The summed E-state index contributed by atoms with van der Waals surface area (Å²) in [5.41, 5.74) is -2.77. The highest BCUT2D eigenvalue weighted by molar-refractivity contribution is 7.91. The zero-order chi connectivity index (χ0) is 27.6. The van der Waals surface area contributed by atoms with Crippen LogP contribution in [-0.4, -0.2) is 67.6 Å². The van der Waals surface area contributed by atoms with Gasteiger partial charge in [-0.3, -0.25) is 19.0 Å². The second-order valence-electron chi connectivity index (χ2n) is 7.02. The SMILES string of the molecule is O=C(O)c1[nH]n(-c2cccc(S(=O)(=O)O)c2)c(=O)c1N=Nc1cccc(S(=O)(=O)CCOS(=O)(=O)O)c1. The van der Waals surface area contributed by atoms with E-state index in [1.165, 1.54) is 24.3 Å². The zero-order valence-corrected chi connectivity index (χ0v) is 20.6. The maximum Gasteiger partial charge on any atom is 0.397 e. The van der Waals surface area contributed by atoms with Gasteiger partial charge in [-0.25, -0.2) is 22.1 Å². The molecule has 0 atom stereocenters. The van der Waals surface area contributed by atoms with Gasteiger partial charge in [0, 0.05) is 0 Å². The van der Waals surface area contributed by atoms with Crippen molar-refractivity contribution < 1.29 is 48.4 Å². The van der Waals surface area contributed by atoms with E-state index in [2.05, 4.69) is 19.5 Å². The van der Waals surface area contributed by atoms with E-state index < -0.39 is 70.5 Å². The van der Waals surface area contributed by atoms with Gasteiger partial charge in [0.25, 0.3) is 15.7 Å². The molecule has 198 valence electrons. The highest BCUT2D eigenvalue weighted by Crippen LogP contribution is 2.23. The first kappa shape index (κ1) is 27.8. The Balaban J connectivity index is 1.97. The summed E-state index contributed by atoms with van der Waals surface area (Å²) in [4.78, 5) is 23.6. The van der Waals surface area contributed by atoms with Gasteiger partial charge in [-0.1, -0.05) is 12.1 Å². The van der Waals surface area contributed by atoms with E-state index in [9.17, 15) is 44.5 Å². The molecule has 0 radical (unpaired) electrons. The number of aromatic carboxylic acids is 1. The van der Waals surface area contributed by atoms with Crippen molar-refractivity contribution in [2.24, 2.45) is 10.2 Å². The van der Waals surface area contributed by atoms with Crippen LogP contribution in [0.2, 0.25) is 0 Å². The summed E-state index contributed by atoms with van der Waals surface area (Å²) in [7, 11) is -13.6. The number of carbonyl (C=O) groups is 1. The van der Waals surface area contributed by atoms with Crippen molar-refractivity contribution in [1.29, 1.82) is 0 Å². The van der Waals surface area contributed by atoms with Gasteiger partial charge in [0.1, 0.15) is 0 Å². The van der Waals surface area contributed by atoms with Crippen LogP contribution >= 0.6 is 0 Å². The lowest BCUT2D eigenvalue weighted by atomic mass is 10.3. The molecule has 3 rings (SSSR count). The highest BCUT2D eigenvalue weighted by Gasteiger charge is 2.22. The summed E-state index contributed by atoms with van der Waals surface area (Å²) < 4.78 is 91.1. The first-order valence-electron chi connectivity index (χ1n) is 9.61. The first-order chi connectivity index (χ1) is 17.1. The Labute approximate surface area is 208 Å². The molecular formula is C18H16N4O12S3. The van der Waals surface area contributed by atoms with E-state index in [0.717, 1.165) is 24.3 Å².